The van der Waals surface area contributed by atoms with Gasteiger partial charge in [-0.05, 0) is 35.4 Å². The van der Waals surface area contributed by atoms with Gasteiger partial charge in [0.15, 0.2) is 0 Å². The Kier molecular flexibility index (Phi) is 5.68. The molecular formula is C19H17ClN2O4. The van der Waals surface area contributed by atoms with Crippen LogP contribution in [-0.4, -0.2) is 18.0 Å². The average Bonchev–Trinajstić information content (AvgIpc) is 2.66. The molecule has 0 saturated heterocycles. The smallest absolute Gasteiger partial charge is 0.257 e. The monoisotopic (exact) mass is 372 g/mol. The molecule has 0 aliphatic carbocycles. The molecule has 6 nitrogen and oxygen atoms in total. The first-order valence-electron chi connectivity index (χ1n) is 7.91. The number of hydrogen-bond donors (Lipinski definition) is 2. The van der Waals surface area contributed by atoms with Gasteiger partial charge in [-0.1, -0.05) is 29.8 Å². The van der Waals surface area contributed by atoms with Crippen molar-refractivity contribution in [2.75, 3.05) is 7.11 Å². The molecule has 0 fully saturated rings. The summed E-state index contributed by atoms with van der Waals surface area (Å²) < 4.78 is 0. The number of fused-ring (bicyclic) bond motifs is 1. The van der Waals surface area contributed by atoms with Crippen molar-refractivity contribution in [3.63, 3.8) is 0 Å². The van der Waals surface area contributed by atoms with Crippen molar-refractivity contribution in [1.82, 2.24) is 10.3 Å². The summed E-state index contributed by atoms with van der Waals surface area (Å²) in [7, 11) is 1.41. The number of H-pyrrole nitrogens is 1. The third-order valence-corrected chi connectivity index (χ3v) is 4.15. The zero-order chi connectivity index (χ0) is 18.5. The fraction of sp³-hybridized carbons (Fsp3) is 0.158. The third-order valence-electron chi connectivity index (χ3n) is 3.90. The Hall–Kier alpha value is -2.67. The van der Waals surface area contributed by atoms with Crippen LogP contribution >= 0.6 is 11.6 Å². The number of amides is 1. The SMILES string of the molecule is COOCc1ccc2[nH]cc(C(=O)NCc3ccc(Cl)cc3)c(=O)c2c1. The largest absolute Gasteiger partial charge is 0.360 e. The van der Waals surface area contributed by atoms with Crippen molar-refractivity contribution in [2.45, 2.75) is 13.2 Å². The van der Waals surface area contributed by atoms with Crippen LogP contribution < -0.4 is 10.7 Å². The Balaban J connectivity index is 1.82. The minimum absolute atomic E-state index is 0.0521. The quantitative estimate of drug-likeness (QED) is 0.514. The van der Waals surface area contributed by atoms with Crippen LogP contribution in [0.3, 0.4) is 0 Å². The summed E-state index contributed by atoms with van der Waals surface area (Å²) in [6.07, 6.45) is 1.42. The lowest BCUT2D eigenvalue weighted by Crippen LogP contribution is -2.28. The Labute approximate surface area is 154 Å². The van der Waals surface area contributed by atoms with Gasteiger partial charge in [0.05, 0.1) is 7.11 Å². The van der Waals surface area contributed by atoms with Crippen LogP contribution in [0.5, 0.6) is 0 Å². The van der Waals surface area contributed by atoms with E-state index in [9.17, 15) is 9.59 Å². The minimum Gasteiger partial charge on any atom is -0.360 e. The molecule has 0 radical (unpaired) electrons. The predicted octanol–water partition coefficient (Wildman–Crippen LogP) is 3.19. The number of halogens is 1. The Morgan fingerprint density at radius 1 is 1.15 bits per heavy atom. The maximum Gasteiger partial charge on any atom is 0.257 e. The van der Waals surface area contributed by atoms with Gasteiger partial charge in [0.25, 0.3) is 5.91 Å². The molecule has 0 spiro atoms. The molecule has 3 aromatic rings. The van der Waals surface area contributed by atoms with Crippen molar-refractivity contribution in [1.29, 1.82) is 0 Å². The van der Waals surface area contributed by atoms with Crippen molar-refractivity contribution in [3.8, 4) is 0 Å². The number of aromatic nitrogens is 1. The highest BCUT2D eigenvalue weighted by molar-refractivity contribution is 6.30. The summed E-state index contributed by atoms with van der Waals surface area (Å²) in [6, 6.07) is 12.4. The van der Waals surface area contributed by atoms with Gasteiger partial charge in [0.2, 0.25) is 5.43 Å². The fourth-order valence-corrected chi connectivity index (χ4v) is 2.66. The number of nitrogens with one attached hydrogen (secondary N) is 2. The average molecular weight is 373 g/mol. The summed E-state index contributed by atoms with van der Waals surface area (Å²) in [6.45, 7) is 0.508. The second-order valence-electron chi connectivity index (χ2n) is 5.65. The number of hydrogen-bond acceptors (Lipinski definition) is 4. The van der Waals surface area contributed by atoms with Gasteiger partial charge in [0, 0.05) is 28.7 Å². The molecule has 1 aromatic heterocycles. The van der Waals surface area contributed by atoms with Gasteiger partial charge in [-0.3, -0.25) is 9.59 Å². The van der Waals surface area contributed by atoms with Gasteiger partial charge in [0.1, 0.15) is 12.2 Å². The zero-order valence-electron chi connectivity index (χ0n) is 14.0. The van der Waals surface area contributed by atoms with E-state index in [2.05, 4.69) is 15.2 Å². The first kappa shape index (κ1) is 18.1. The molecule has 2 N–H and O–H groups in total. The lowest BCUT2D eigenvalue weighted by atomic mass is 10.1. The molecule has 0 aliphatic heterocycles. The number of pyridine rings is 1. The second-order valence-corrected chi connectivity index (χ2v) is 6.09. The molecule has 0 bridgehead atoms. The van der Waals surface area contributed by atoms with E-state index in [1.54, 1.807) is 24.3 Å². The minimum atomic E-state index is -0.443. The van der Waals surface area contributed by atoms with E-state index in [-0.39, 0.29) is 17.6 Å². The highest BCUT2D eigenvalue weighted by Crippen LogP contribution is 2.13. The maximum absolute atomic E-state index is 12.7. The van der Waals surface area contributed by atoms with Gasteiger partial charge in [-0.25, -0.2) is 9.78 Å². The molecule has 0 unspecified atom stereocenters. The molecule has 0 saturated carbocycles. The summed E-state index contributed by atoms with van der Waals surface area (Å²) in [4.78, 5) is 37.5. The summed E-state index contributed by atoms with van der Waals surface area (Å²) >= 11 is 5.84. The molecule has 2 aromatic carbocycles. The van der Waals surface area contributed by atoms with Crippen molar-refractivity contribution in [2.24, 2.45) is 0 Å². The Bertz CT molecular complexity index is 983. The van der Waals surface area contributed by atoms with Gasteiger partial charge in [-0.15, -0.1) is 0 Å². The number of benzene rings is 2. The van der Waals surface area contributed by atoms with Crippen molar-refractivity contribution >= 4 is 28.4 Å². The van der Waals surface area contributed by atoms with E-state index < -0.39 is 5.91 Å². The summed E-state index contributed by atoms with van der Waals surface area (Å²) in [5.41, 5.74) is 2.01. The van der Waals surface area contributed by atoms with E-state index >= 15 is 0 Å². The van der Waals surface area contributed by atoms with E-state index in [4.69, 9.17) is 16.5 Å². The lowest BCUT2D eigenvalue weighted by Gasteiger charge is -2.07. The predicted molar refractivity (Wildman–Crippen MR) is 99.0 cm³/mol. The number of carbonyl (C=O) groups excluding carboxylic acids is 1. The zero-order valence-corrected chi connectivity index (χ0v) is 14.8. The second kappa shape index (κ2) is 8.14. The van der Waals surface area contributed by atoms with Crippen LogP contribution in [0, 0.1) is 0 Å². The number of rotatable bonds is 6. The van der Waals surface area contributed by atoms with Crippen molar-refractivity contribution in [3.05, 3.63) is 80.6 Å². The van der Waals surface area contributed by atoms with Crippen LogP contribution in [0.25, 0.3) is 10.9 Å². The van der Waals surface area contributed by atoms with Crippen LogP contribution in [-0.2, 0) is 22.9 Å². The van der Waals surface area contributed by atoms with E-state index in [1.165, 1.54) is 13.3 Å². The van der Waals surface area contributed by atoms with Gasteiger partial charge >= 0.3 is 0 Å². The Morgan fingerprint density at radius 3 is 2.62 bits per heavy atom. The molecule has 1 heterocycles. The third kappa shape index (κ3) is 4.11. The molecular weight excluding hydrogens is 356 g/mol. The van der Waals surface area contributed by atoms with Crippen LogP contribution in [0.1, 0.15) is 21.5 Å². The number of carbonyl (C=O) groups is 1. The fourth-order valence-electron chi connectivity index (χ4n) is 2.53. The molecule has 1 amide bonds. The molecule has 7 heteroatoms. The number of aromatic amines is 1. The van der Waals surface area contributed by atoms with Crippen molar-refractivity contribution < 1.29 is 14.6 Å². The van der Waals surface area contributed by atoms with Crippen LogP contribution in [0.4, 0.5) is 0 Å². The summed E-state index contributed by atoms with van der Waals surface area (Å²) in [5.74, 6) is -0.443. The van der Waals surface area contributed by atoms with Gasteiger partial charge < -0.3 is 10.3 Å². The lowest BCUT2D eigenvalue weighted by molar-refractivity contribution is -0.282. The molecule has 26 heavy (non-hydrogen) atoms. The maximum atomic E-state index is 12.7. The first-order chi connectivity index (χ1) is 12.6. The highest BCUT2D eigenvalue weighted by Gasteiger charge is 2.13. The normalized spacial score (nSPS) is 10.8. The van der Waals surface area contributed by atoms with Crippen LogP contribution in [0.2, 0.25) is 5.02 Å². The van der Waals surface area contributed by atoms with Crippen LogP contribution in [0.15, 0.2) is 53.5 Å². The standard InChI is InChI=1S/C19H17ClN2O4/c1-25-26-11-13-4-7-17-15(8-13)18(23)16(10-21-17)19(24)22-9-12-2-5-14(20)6-3-12/h2-8,10H,9,11H2,1H3,(H,21,23)(H,22,24). The Morgan fingerprint density at radius 2 is 1.88 bits per heavy atom. The van der Waals surface area contributed by atoms with E-state index in [0.29, 0.717) is 22.5 Å². The highest BCUT2D eigenvalue weighted by atomic mass is 35.5. The van der Waals surface area contributed by atoms with E-state index in [1.807, 2.05) is 18.2 Å². The summed E-state index contributed by atoms with van der Waals surface area (Å²) in [5, 5.41) is 3.78. The molecule has 3 rings (SSSR count). The van der Waals surface area contributed by atoms with E-state index in [0.717, 1.165) is 11.1 Å². The molecule has 0 aliphatic rings. The topological polar surface area (TPSA) is 80.4 Å². The first-order valence-corrected chi connectivity index (χ1v) is 8.29. The molecule has 0 atom stereocenters. The van der Waals surface area contributed by atoms with Gasteiger partial charge in [-0.2, -0.15) is 0 Å². The molecule has 134 valence electrons.